The van der Waals surface area contributed by atoms with Crippen molar-refractivity contribution in [3.05, 3.63) is 46.7 Å². The molecule has 29 heavy (non-hydrogen) atoms. The van der Waals surface area contributed by atoms with Gasteiger partial charge >= 0.3 is 0 Å². The summed E-state index contributed by atoms with van der Waals surface area (Å²) in [4.78, 5) is 0. The Labute approximate surface area is 173 Å². The Bertz CT molecular complexity index is 1070. The van der Waals surface area contributed by atoms with Crippen molar-refractivity contribution >= 4 is 18.4 Å². The first-order valence-electron chi connectivity index (χ1n) is 8.97. The van der Waals surface area contributed by atoms with E-state index in [1.807, 2.05) is 13.0 Å². The third-order valence-electron chi connectivity index (χ3n) is 4.08. The molecule has 9 heteroatoms. The summed E-state index contributed by atoms with van der Waals surface area (Å²) >= 11 is 5.29. The van der Waals surface area contributed by atoms with Crippen LogP contribution in [0.2, 0.25) is 0 Å². The summed E-state index contributed by atoms with van der Waals surface area (Å²) in [5, 5.41) is 21.6. The highest BCUT2D eigenvalue weighted by molar-refractivity contribution is 7.71. The lowest BCUT2D eigenvalue weighted by Gasteiger charge is -2.09. The molecule has 0 amide bonds. The monoisotopic (exact) mass is 414 g/mol. The van der Waals surface area contributed by atoms with E-state index in [4.69, 9.17) is 26.4 Å². The van der Waals surface area contributed by atoms with Gasteiger partial charge in [-0.1, -0.05) is 6.92 Å². The molecule has 1 heterocycles. The number of aromatic nitrogens is 3. The van der Waals surface area contributed by atoms with Crippen LogP contribution in [0, 0.1) is 4.77 Å². The number of methoxy groups -OCH3 is 2. The molecule has 0 aliphatic rings. The zero-order valence-electron chi connectivity index (χ0n) is 16.4. The van der Waals surface area contributed by atoms with E-state index in [0.717, 1.165) is 12.0 Å². The highest BCUT2D eigenvalue weighted by atomic mass is 32.1. The minimum atomic E-state index is 0.0602. The predicted octanol–water partition coefficient (Wildman–Crippen LogP) is 4.00. The normalized spacial score (nSPS) is 11.0. The molecule has 8 nitrogen and oxygen atoms in total. The molecule has 0 unspecified atom stereocenters. The molecule has 2 N–H and O–H groups in total. The van der Waals surface area contributed by atoms with Crippen LogP contribution in [0.25, 0.3) is 11.4 Å². The Morgan fingerprint density at radius 1 is 1.17 bits per heavy atom. The maximum Gasteiger partial charge on any atom is 0.216 e. The summed E-state index contributed by atoms with van der Waals surface area (Å²) < 4.78 is 17.9. The number of nitrogens with one attached hydrogen (secondary N) is 1. The zero-order chi connectivity index (χ0) is 20.8. The van der Waals surface area contributed by atoms with E-state index in [1.54, 1.807) is 44.6 Å². The Morgan fingerprint density at radius 2 is 1.97 bits per heavy atom. The smallest absolute Gasteiger partial charge is 0.216 e. The molecule has 0 aliphatic heterocycles. The fourth-order valence-corrected chi connectivity index (χ4v) is 2.80. The van der Waals surface area contributed by atoms with Crippen molar-refractivity contribution in [3.8, 4) is 34.4 Å². The molecule has 3 aromatic rings. The van der Waals surface area contributed by atoms with Crippen molar-refractivity contribution in [1.29, 1.82) is 0 Å². The average molecular weight is 414 g/mol. The first-order valence-corrected chi connectivity index (χ1v) is 9.38. The third-order valence-corrected chi connectivity index (χ3v) is 4.34. The molecule has 0 radical (unpaired) electrons. The summed E-state index contributed by atoms with van der Waals surface area (Å²) in [6.45, 7) is 2.61. The highest BCUT2D eigenvalue weighted by Gasteiger charge is 2.12. The molecule has 0 aliphatic carbocycles. The number of hydrogen-bond acceptors (Lipinski definition) is 7. The van der Waals surface area contributed by atoms with Crippen molar-refractivity contribution in [3.63, 3.8) is 0 Å². The number of hydrogen-bond donors (Lipinski definition) is 2. The topological polar surface area (TPSA) is 93.9 Å². The van der Waals surface area contributed by atoms with Gasteiger partial charge in [0.1, 0.15) is 11.5 Å². The predicted molar refractivity (Wildman–Crippen MR) is 113 cm³/mol. The van der Waals surface area contributed by atoms with Crippen LogP contribution in [0.1, 0.15) is 18.9 Å². The van der Waals surface area contributed by atoms with Crippen LogP contribution in [0.15, 0.2) is 41.5 Å². The van der Waals surface area contributed by atoms with E-state index in [0.29, 0.717) is 40.0 Å². The number of nitrogens with zero attached hydrogens (tertiary/aromatic N) is 3. The minimum Gasteiger partial charge on any atom is -0.507 e. The number of rotatable bonds is 8. The number of phenolic OH excluding ortho intramolecular Hbond substituents is 1. The van der Waals surface area contributed by atoms with Crippen LogP contribution in [-0.2, 0) is 0 Å². The van der Waals surface area contributed by atoms with Crippen LogP contribution in [0.5, 0.6) is 23.0 Å². The summed E-state index contributed by atoms with van der Waals surface area (Å²) in [6.07, 6.45) is 2.40. The van der Waals surface area contributed by atoms with E-state index >= 15 is 0 Å². The number of benzene rings is 2. The Hall–Kier alpha value is -3.33. The second-order valence-electron chi connectivity index (χ2n) is 6.05. The largest absolute Gasteiger partial charge is 0.507 e. The number of H-pyrrole nitrogens is 1. The van der Waals surface area contributed by atoms with Crippen molar-refractivity contribution < 1.29 is 19.3 Å². The third kappa shape index (κ3) is 4.57. The van der Waals surface area contributed by atoms with E-state index in [1.165, 1.54) is 10.9 Å². The van der Waals surface area contributed by atoms with Gasteiger partial charge in [0, 0.05) is 17.2 Å². The standard InChI is InChI=1S/C20H22N4O4S/c1-4-9-28-15-7-5-14(16(25)11-15)12-21-24-19(22-23-20(24)29)13-6-8-17(26-2)18(10-13)27-3/h5-8,10-12,25H,4,9H2,1-3H3,(H,23,29)/b21-12+. The highest BCUT2D eigenvalue weighted by Crippen LogP contribution is 2.31. The fraction of sp³-hybridized carbons (Fsp3) is 0.250. The molecular formula is C20H22N4O4S. The molecule has 0 atom stereocenters. The maximum absolute atomic E-state index is 10.2. The first kappa shape index (κ1) is 20.4. The molecule has 1 aromatic heterocycles. The van der Waals surface area contributed by atoms with Gasteiger partial charge in [0.2, 0.25) is 4.77 Å². The Balaban J connectivity index is 1.92. The molecular weight excluding hydrogens is 392 g/mol. The van der Waals surface area contributed by atoms with E-state index < -0.39 is 0 Å². The molecule has 152 valence electrons. The Morgan fingerprint density at radius 3 is 2.66 bits per heavy atom. The zero-order valence-corrected chi connectivity index (χ0v) is 17.2. The van der Waals surface area contributed by atoms with Crippen LogP contribution in [0.4, 0.5) is 0 Å². The number of ether oxygens (including phenoxy) is 3. The van der Waals surface area contributed by atoms with Gasteiger partial charge in [-0.15, -0.1) is 0 Å². The van der Waals surface area contributed by atoms with Crippen molar-refractivity contribution in [2.24, 2.45) is 5.10 Å². The van der Waals surface area contributed by atoms with Crippen molar-refractivity contribution in [2.75, 3.05) is 20.8 Å². The van der Waals surface area contributed by atoms with Crippen LogP contribution >= 0.6 is 12.2 Å². The van der Waals surface area contributed by atoms with Gasteiger partial charge in [-0.2, -0.15) is 14.9 Å². The van der Waals surface area contributed by atoms with Crippen molar-refractivity contribution in [2.45, 2.75) is 13.3 Å². The van der Waals surface area contributed by atoms with Gasteiger partial charge in [-0.05, 0) is 49.0 Å². The quantitative estimate of drug-likeness (QED) is 0.427. The second-order valence-corrected chi connectivity index (χ2v) is 6.43. The van der Waals surface area contributed by atoms with Gasteiger partial charge in [0.25, 0.3) is 0 Å². The van der Waals surface area contributed by atoms with Crippen LogP contribution < -0.4 is 14.2 Å². The molecule has 0 saturated carbocycles. The molecule has 0 spiro atoms. The van der Waals surface area contributed by atoms with E-state index in [2.05, 4.69) is 15.3 Å². The minimum absolute atomic E-state index is 0.0602. The van der Waals surface area contributed by atoms with Gasteiger partial charge < -0.3 is 19.3 Å². The lowest BCUT2D eigenvalue weighted by atomic mass is 10.2. The van der Waals surface area contributed by atoms with Crippen molar-refractivity contribution in [1.82, 2.24) is 14.9 Å². The number of aromatic hydroxyl groups is 1. The van der Waals surface area contributed by atoms with Gasteiger partial charge in [0.05, 0.1) is 27.0 Å². The first-order chi connectivity index (χ1) is 14.1. The van der Waals surface area contributed by atoms with Gasteiger partial charge in [-0.25, -0.2) is 5.10 Å². The average Bonchev–Trinajstić information content (AvgIpc) is 3.11. The van der Waals surface area contributed by atoms with Gasteiger partial charge in [-0.3, -0.25) is 0 Å². The van der Waals surface area contributed by atoms with E-state index in [9.17, 15) is 5.11 Å². The molecule has 0 bridgehead atoms. The molecule has 3 rings (SSSR count). The van der Waals surface area contributed by atoms with Gasteiger partial charge in [0.15, 0.2) is 17.3 Å². The number of phenols is 1. The lowest BCUT2D eigenvalue weighted by Crippen LogP contribution is -1.97. The fourth-order valence-electron chi connectivity index (χ4n) is 2.62. The summed E-state index contributed by atoms with van der Waals surface area (Å²) in [6, 6.07) is 10.5. The van der Waals surface area contributed by atoms with E-state index in [-0.39, 0.29) is 5.75 Å². The second kappa shape index (κ2) is 9.24. The summed E-state index contributed by atoms with van der Waals surface area (Å²) in [5.41, 5.74) is 1.26. The number of aromatic amines is 1. The summed E-state index contributed by atoms with van der Waals surface area (Å²) in [5.74, 6) is 2.33. The Kier molecular flexibility index (Phi) is 6.50. The molecule has 0 fully saturated rings. The summed E-state index contributed by atoms with van der Waals surface area (Å²) in [7, 11) is 3.14. The van der Waals surface area contributed by atoms with Crippen LogP contribution in [-0.4, -0.2) is 47.0 Å². The SMILES string of the molecule is CCCOc1ccc(/C=N/n2c(-c3ccc(OC)c(OC)c3)n[nH]c2=S)c(O)c1. The molecule has 0 saturated heterocycles. The maximum atomic E-state index is 10.2. The lowest BCUT2D eigenvalue weighted by molar-refractivity contribution is 0.315. The van der Waals surface area contributed by atoms with Crippen LogP contribution in [0.3, 0.4) is 0 Å². The molecule has 2 aromatic carbocycles.